The Morgan fingerprint density at radius 2 is 2.05 bits per heavy atom. The van der Waals surface area contributed by atoms with E-state index in [1.165, 1.54) is 12.1 Å². The van der Waals surface area contributed by atoms with Gasteiger partial charge in [0, 0.05) is 11.4 Å². The van der Waals surface area contributed by atoms with Crippen LogP contribution in [0.2, 0.25) is 5.02 Å². The van der Waals surface area contributed by atoms with Crippen LogP contribution in [0.1, 0.15) is 6.42 Å². The summed E-state index contributed by atoms with van der Waals surface area (Å²) in [5.41, 5.74) is 6.78. The van der Waals surface area contributed by atoms with Crippen LogP contribution in [0.15, 0.2) is 42.5 Å². The molecule has 0 unspecified atom stereocenters. The second-order valence-corrected chi connectivity index (χ2v) is 4.73. The molecule has 0 atom stereocenters. The van der Waals surface area contributed by atoms with Crippen LogP contribution in [0.25, 0.3) is 0 Å². The fourth-order valence-electron chi connectivity index (χ4n) is 1.69. The minimum Gasteiger partial charge on any atom is -0.490 e. The number of nitrogens with one attached hydrogen (secondary N) is 1. The first-order chi connectivity index (χ1) is 10.1. The molecule has 0 fully saturated rings. The number of ether oxygens (including phenoxy) is 1. The zero-order valence-electron chi connectivity index (χ0n) is 11.1. The summed E-state index contributed by atoms with van der Waals surface area (Å²) in [4.78, 5) is 11.7. The molecule has 110 valence electrons. The van der Waals surface area contributed by atoms with Crippen molar-refractivity contribution in [2.45, 2.75) is 6.42 Å². The van der Waals surface area contributed by atoms with Crippen molar-refractivity contribution in [1.29, 1.82) is 0 Å². The predicted molar refractivity (Wildman–Crippen MR) is 81.0 cm³/mol. The highest BCUT2D eigenvalue weighted by atomic mass is 35.5. The van der Waals surface area contributed by atoms with Gasteiger partial charge in [-0.05, 0) is 30.3 Å². The van der Waals surface area contributed by atoms with Crippen LogP contribution in [-0.2, 0) is 4.79 Å². The average molecular weight is 309 g/mol. The Kier molecular flexibility index (Phi) is 5.00. The number of hydrogen-bond acceptors (Lipinski definition) is 3. The van der Waals surface area contributed by atoms with E-state index in [2.05, 4.69) is 5.32 Å². The molecular weight excluding hydrogens is 295 g/mol. The molecule has 6 heteroatoms. The Morgan fingerprint density at radius 3 is 2.81 bits per heavy atom. The summed E-state index contributed by atoms with van der Waals surface area (Å²) in [5, 5.41) is 2.66. The van der Waals surface area contributed by atoms with Crippen LogP contribution in [0.3, 0.4) is 0 Å². The Bertz CT molecular complexity index is 649. The highest BCUT2D eigenvalue weighted by Crippen LogP contribution is 2.24. The van der Waals surface area contributed by atoms with E-state index in [9.17, 15) is 9.18 Å². The largest absolute Gasteiger partial charge is 0.490 e. The minimum atomic E-state index is -0.629. The van der Waals surface area contributed by atoms with Gasteiger partial charge in [-0.3, -0.25) is 4.79 Å². The summed E-state index contributed by atoms with van der Waals surface area (Å²) in [6.07, 6.45) is 0.0841. The van der Waals surface area contributed by atoms with E-state index in [0.29, 0.717) is 11.4 Å². The molecule has 21 heavy (non-hydrogen) atoms. The van der Waals surface area contributed by atoms with Gasteiger partial charge in [0.15, 0.2) is 11.6 Å². The van der Waals surface area contributed by atoms with Crippen molar-refractivity contribution in [3.05, 3.63) is 53.3 Å². The normalized spacial score (nSPS) is 10.2. The number of carbonyl (C=O) groups excluding carboxylic acids is 1. The molecule has 0 aliphatic heterocycles. The van der Waals surface area contributed by atoms with Crippen LogP contribution in [0.4, 0.5) is 15.8 Å². The quantitative estimate of drug-likeness (QED) is 0.831. The topological polar surface area (TPSA) is 64.3 Å². The third-order valence-electron chi connectivity index (χ3n) is 2.67. The Morgan fingerprint density at radius 1 is 1.29 bits per heavy atom. The van der Waals surface area contributed by atoms with Gasteiger partial charge in [-0.2, -0.15) is 0 Å². The van der Waals surface area contributed by atoms with Gasteiger partial charge in [-0.25, -0.2) is 4.39 Å². The van der Waals surface area contributed by atoms with Gasteiger partial charge >= 0.3 is 0 Å². The molecule has 0 saturated carbocycles. The number of hydrogen-bond donors (Lipinski definition) is 2. The number of nitrogen functional groups attached to an aromatic ring is 1. The van der Waals surface area contributed by atoms with E-state index in [1.54, 1.807) is 30.3 Å². The highest BCUT2D eigenvalue weighted by Gasteiger charge is 2.08. The smallest absolute Gasteiger partial charge is 0.227 e. The van der Waals surface area contributed by atoms with Crippen LogP contribution in [-0.4, -0.2) is 12.5 Å². The number of carbonyl (C=O) groups is 1. The molecule has 0 radical (unpaired) electrons. The van der Waals surface area contributed by atoms with Crippen LogP contribution < -0.4 is 15.8 Å². The molecule has 0 bridgehead atoms. The first kappa shape index (κ1) is 15.1. The van der Waals surface area contributed by atoms with Crippen molar-refractivity contribution < 1.29 is 13.9 Å². The lowest BCUT2D eigenvalue weighted by atomic mass is 10.2. The van der Waals surface area contributed by atoms with E-state index in [0.717, 1.165) is 0 Å². The van der Waals surface area contributed by atoms with E-state index >= 15 is 0 Å². The van der Waals surface area contributed by atoms with E-state index in [1.807, 2.05) is 0 Å². The Labute approximate surface area is 126 Å². The number of benzene rings is 2. The van der Waals surface area contributed by atoms with Gasteiger partial charge in [0.1, 0.15) is 0 Å². The second kappa shape index (κ2) is 6.95. The third-order valence-corrected chi connectivity index (χ3v) is 2.97. The maximum absolute atomic E-state index is 13.5. The van der Waals surface area contributed by atoms with E-state index < -0.39 is 5.82 Å². The summed E-state index contributed by atoms with van der Waals surface area (Å²) in [6, 6.07) is 11.3. The molecule has 0 saturated heterocycles. The minimum absolute atomic E-state index is 0.0169. The molecule has 0 aliphatic rings. The summed E-state index contributed by atoms with van der Waals surface area (Å²) in [5.74, 6) is -0.849. The van der Waals surface area contributed by atoms with Crippen LogP contribution in [0, 0.1) is 5.82 Å². The SMILES string of the molecule is Nc1cccc(NC(=O)CCOc2cccc(Cl)c2F)c1. The predicted octanol–water partition coefficient (Wildman–Crippen LogP) is 3.47. The molecule has 2 aromatic rings. The number of rotatable bonds is 5. The van der Waals surface area contributed by atoms with Gasteiger partial charge in [-0.15, -0.1) is 0 Å². The lowest BCUT2D eigenvalue weighted by Gasteiger charge is -2.09. The van der Waals surface area contributed by atoms with Crippen molar-refractivity contribution in [3.8, 4) is 5.75 Å². The highest BCUT2D eigenvalue weighted by molar-refractivity contribution is 6.30. The van der Waals surface area contributed by atoms with Gasteiger partial charge in [0.05, 0.1) is 18.1 Å². The van der Waals surface area contributed by atoms with Crippen molar-refractivity contribution in [2.75, 3.05) is 17.7 Å². The Hall–Kier alpha value is -2.27. The zero-order chi connectivity index (χ0) is 15.2. The number of nitrogens with two attached hydrogens (primary N) is 1. The van der Waals surface area contributed by atoms with E-state index in [4.69, 9.17) is 22.1 Å². The molecule has 2 rings (SSSR count). The number of amides is 1. The van der Waals surface area contributed by atoms with Gasteiger partial charge in [-0.1, -0.05) is 23.7 Å². The molecule has 0 aliphatic carbocycles. The fourth-order valence-corrected chi connectivity index (χ4v) is 1.85. The maximum Gasteiger partial charge on any atom is 0.227 e. The third kappa shape index (κ3) is 4.36. The van der Waals surface area contributed by atoms with Gasteiger partial charge in [0.25, 0.3) is 0 Å². The standard InChI is InChI=1S/C15H14ClFN2O2/c16-12-5-2-6-13(15(12)17)21-8-7-14(20)19-11-4-1-3-10(18)9-11/h1-6,9H,7-8,18H2,(H,19,20). The molecule has 4 nitrogen and oxygen atoms in total. The first-order valence-corrected chi connectivity index (χ1v) is 6.66. The van der Waals surface area contributed by atoms with Crippen molar-refractivity contribution in [3.63, 3.8) is 0 Å². The van der Waals surface area contributed by atoms with Crippen molar-refractivity contribution >= 4 is 28.9 Å². The Balaban J connectivity index is 1.83. The second-order valence-electron chi connectivity index (χ2n) is 4.32. The number of halogens is 2. The molecule has 0 heterocycles. The molecule has 2 aromatic carbocycles. The van der Waals surface area contributed by atoms with E-state index in [-0.39, 0.29) is 29.7 Å². The molecule has 3 N–H and O–H groups in total. The van der Waals surface area contributed by atoms with Crippen LogP contribution >= 0.6 is 11.6 Å². The molecule has 0 spiro atoms. The summed E-state index contributed by atoms with van der Waals surface area (Å²) >= 11 is 5.63. The average Bonchev–Trinajstić information content (AvgIpc) is 2.43. The summed E-state index contributed by atoms with van der Waals surface area (Å²) in [6.45, 7) is 0.0470. The molecule has 0 aromatic heterocycles. The lowest BCUT2D eigenvalue weighted by Crippen LogP contribution is -2.15. The monoisotopic (exact) mass is 308 g/mol. The zero-order valence-corrected chi connectivity index (χ0v) is 11.9. The van der Waals surface area contributed by atoms with Gasteiger partial charge in [0.2, 0.25) is 5.91 Å². The summed E-state index contributed by atoms with van der Waals surface area (Å²) < 4.78 is 18.8. The fraction of sp³-hybridized carbons (Fsp3) is 0.133. The maximum atomic E-state index is 13.5. The first-order valence-electron chi connectivity index (χ1n) is 6.28. The number of anilines is 2. The van der Waals surface area contributed by atoms with Gasteiger partial charge < -0.3 is 15.8 Å². The van der Waals surface area contributed by atoms with Crippen LogP contribution in [0.5, 0.6) is 5.75 Å². The molecular formula is C15H14ClFN2O2. The molecule has 1 amide bonds. The lowest BCUT2D eigenvalue weighted by molar-refractivity contribution is -0.116. The van der Waals surface area contributed by atoms with Crippen molar-refractivity contribution in [2.24, 2.45) is 0 Å². The van der Waals surface area contributed by atoms with Crippen molar-refractivity contribution in [1.82, 2.24) is 0 Å². The summed E-state index contributed by atoms with van der Waals surface area (Å²) in [7, 11) is 0.